The number of aliphatic carboxylic acids is 1. The predicted octanol–water partition coefficient (Wildman–Crippen LogP) is 4.49. The molecule has 1 aromatic rings. The van der Waals surface area contributed by atoms with E-state index in [-0.39, 0.29) is 30.6 Å². The van der Waals surface area contributed by atoms with Crippen LogP contribution in [0.2, 0.25) is 0 Å². The van der Waals surface area contributed by atoms with Gasteiger partial charge in [-0.1, -0.05) is 61.9 Å². The molecule has 1 saturated carbocycles. The molecule has 1 fully saturated rings. The molecule has 3 rings (SSSR count). The van der Waals surface area contributed by atoms with Crippen LogP contribution in [-0.2, 0) is 25.7 Å². The number of hydrogen-bond acceptors (Lipinski definition) is 4. The maximum Gasteiger partial charge on any atom is 0.330 e. The number of allylic oxidation sites excluding steroid dienone is 4. The average Bonchev–Trinajstić information content (AvgIpc) is 3.08. The molecule has 0 saturated heterocycles. The fraction of sp³-hybridized carbons (Fsp3) is 0.400. The van der Waals surface area contributed by atoms with Crippen LogP contribution in [0.4, 0.5) is 0 Å². The molecular weight excluding hydrogens is 380 g/mol. The molecule has 1 N–H and O–H groups in total. The summed E-state index contributed by atoms with van der Waals surface area (Å²) in [6.45, 7) is 9.47. The first-order valence-electron chi connectivity index (χ1n) is 10.1. The molecule has 1 aromatic carbocycles. The quantitative estimate of drug-likeness (QED) is 0.389. The summed E-state index contributed by atoms with van der Waals surface area (Å²) in [5, 5.41) is 10.2. The topological polar surface area (TPSA) is 80.7 Å². The van der Waals surface area contributed by atoms with Gasteiger partial charge in [0.1, 0.15) is 6.61 Å². The molecule has 2 aliphatic carbocycles. The summed E-state index contributed by atoms with van der Waals surface area (Å²) in [7, 11) is 0. The first kappa shape index (κ1) is 21.8. The van der Waals surface area contributed by atoms with Crippen molar-refractivity contribution in [3.8, 4) is 0 Å². The van der Waals surface area contributed by atoms with Gasteiger partial charge in [-0.15, -0.1) is 6.58 Å². The fourth-order valence-electron chi connectivity index (χ4n) is 5.22. The molecule has 0 heterocycles. The summed E-state index contributed by atoms with van der Waals surface area (Å²) in [6, 6.07) is 9.35. The maximum atomic E-state index is 12.5. The van der Waals surface area contributed by atoms with E-state index < -0.39 is 22.8 Å². The van der Waals surface area contributed by atoms with E-state index in [1.807, 2.05) is 51.1 Å². The molecule has 3 atom stereocenters. The Morgan fingerprint density at radius 1 is 1.27 bits per heavy atom. The molecule has 0 spiro atoms. The van der Waals surface area contributed by atoms with E-state index in [9.17, 15) is 19.5 Å². The molecule has 5 heteroatoms. The normalized spacial score (nSPS) is 27.4. The summed E-state index contributed by atoms with van der Waals surface area (Å²) in [5.41, 5.74) is 0.670. The minimum absolute atomic E-state index is 0.00859. The van der Waals surface area contributed by atoms with E-state index in [0.29, 0.717) is 12.0 Å². The lowest BCUT2D eigenvalue weighted by molar-refractivity contribution is -0.147. The van der Waals surface area contributed by atoms with E-state index in [1.54, 1.807) is 12.2 Å². The summed E-state index contributed by atoms with van der Waals surface area (Å²) in [5.74, 6) is -2.21. The smallest absolute Gasteiger partial charge is 0.330 e. The molecule has 0 amide bonds. The third-order valence-electron chi connectivity index (χ3n) is 6.88. The van der Waals surface area contributed by atoms with E-state index in [2.05, 4.69) is 6.58 Å². The molecule has 0 radical (unpaired) electrons. The summed E-state index contributed by atoms with van der Waals surface area (Å²) < 4.78 is 5.27. The van der Waals surface area contributed by atoms with Gasteiger partial charge in [0, 0.05) is 24.3 Å². The van der Waals surface area contributed by atoms with Crippen LogP contribution in [0.25, 0.3) is 0 Å². The molecule has 2 aliphatic rings. The first-order valence-corrected chi connectivity index (χ1v) is 10.1. The number of esters is 1. The Morgan fingerprint density at radius 3 is 2.53 bits per heavy atom. The van der Waals surface area contributed by atoms with Crippen molar-refractivity contribution in [3.63, 3.8) is 0 Å². The summed E-state index contributed by atoms with van der Waals surface area (Å²) in [6.07, 6.45) is 5.27. The van der Waals surface area contributed by atoms with Gasteiger partial charge >= 0.3 is 11.9 Å². The second-order valence-electron chi connectivity index (χ2n) is 8.66. The van der Waals surface area contributed by atoms with Crippen LogP contribution >= 0.6 is 0 Å². The largest absolute Gasteiger partial charge is 0.481 e. The van der Waals surface area contributed by atoms with Crippen LogP contribution in [0.15, 0.2) is 66.3 Å². The molecule has 0 aromatic heterocycles. The molecule has 5 nitrogen and oxygen atoms in total. The van der Waals surface area contributed by atoms with Crippen LogP contribution in [0.1, 0.15) is 39.2 Å². The molecule has 0 bridgehead atoms. The fourth-order valence-corrected chi connectivity index (χ4v) is 5.22. The van der Waals surface area contributed by atoms with Gasteiger partial charge in [0.25, 0.3) is 0 Å². The zero-order valence-electron chi connectivity index (χ0n) is 17.7. The average molecular weight is 408 g/mol. The SMILES string of the molecule is C=CCC1=C(C)[C@@H]([C@@]2(C(=O)O)[C@H](/C=C\C(=O)OCc3ccccc3)C2(C)C)CC1=O. The standard InChI is InChI=1S/C25H28O5/c1-5-9-18-16(2)19(14-20(18)26)25(23(28)29)21(24(25,3)4)12-13-22(27)30-15-17-10-7-6-8-11-17/h5-8,10-13,19,21H,1,9,14-15H2,2-4H3,(H,28,29)/b13-12-/t19-,21+,25-/m0/s1. The van der Waals surface area contributed by atoms with Gasteiger partial charge in [0.05, 0.1) is 5.41 Å². The molecule has 0 unspecified atom stereocenters. The zero-order valence-corrected chi connectivity index (χ0v) is 17.7. The Labute approximate surface area is 177 Å². The number of rotatable bonds is 8. The Kier molecular flexibility index (Phi) is 5.84. The number of ether oxygens (including phenoxy) is 1. The maximum absolute atomic E-state index is 12.5. The Hall–Kier alpha value is -2.95. The Balaban J connectivity index is 1.79. The van der Waals surface area contributed by atoms with E-state index in [1.165, 1.54) is 6.08 Å². The van der Waals surface area contributed by atoms with Crippen LogP contribution < -0.4 is 0 Å². The number of hydrogen-bond donors (Lipinski definition) is 1. The van der Waals surface area contributed by atoms with E-state index in [0.717, 1.165) is 11.1 Å². The molecular formula is C25H28O5. The summed E-state index contributed by atoms with van der Waals surface area (Å²) >= 11 is 0. The first-order chi connectivity index (χ1) is 14.2. The van der Waals surface area contributed by atoms with E-state index in [4.69, 9.17) is 4.74 Å². The number of ketones is 1. The molecule has 158 valence electrons. The second-order valence-corrected chi connectivity index (χ2v) is 8.66. The number of benzene rings is 1. The van der Waals surface area contributed by atoms with Crippen molar-refractivity contribution in [2.75, 3.05) is 0 Å². The highest BCUT2D eigenvalue weighted by molar-refractivity contribution is 6.01. The van der Waals surface area contributed by atoms with Crippen molar-refractivity contribution in [2.45, 2.75) is 40.2 Å². The van der Waals surface area contributed by atoms with Gasteiger partial charge in [-0.2, -0.15) is 0 Å². The molecule has 30 heavy (non-hydrogen) atoms. The molecule has 0 aliphatic heterocycles. The third kappa shape index (κ3) is 3.42. The number of carboxylic acid groups (broad SMARTS) is 1. The summed E-state index contributed by atoms with van der Waals surface area (Å²) in [4.78, 5) is 37.1. The highest BCUT2D eigenvalue weighted by Crippen LogP contribution is 2.75. The minimum Gasteiger partial charge on any atom is -0.481 e. The second kappa shape index (κ2) is 8.05. The van der Waals surface area contributed by atoms with Gasteiger partial charge in [0.2, 0.25) is 0 Å². The number of carboxylic acids is 1. The van der Waals surface area contributed by atoms with Gasteiger partial charge in [-0.3, -0.25) is 9.59 Å². The van der Waals surface area contributed by atoms with Crippen molar-refractivity contribution in [3.05, 3.63) is 71.8 Å². The number of Topliss-reactive ketones (excluding diaryl/α,β-unsaturated/α-hetero) is 1. The van der Waals surface area contributed by atoms with Crippen LogP contribution in [-0.4, -0.2) is 22.8 Å². The highest BCUT2D eigenvalue weighted by atomic mass is 16.5. The van der Waals surface area contributed by atoms with Crippen molar-refractivity contribution in [1.82, 2.24) is 0 Å². The van der Waals surface area contributed by atoms with Crippen molar-refractivity contribution >= 4 is 17.7 Å². The highest BCUT2D eigenvalue weighted by Gasteiger charge is 2.78. The van der Waals surface area contributed by atoms with Crippen molar-refractivity contribution in [2.24, 2.45) is 22.7 Å². The van der Waals surface area contributed by atoms with Crippen LogP contribution in [0.5, 0.6) is 0 Å². The van der Waals surface area contributed by atoms with Crippen LogP contribution in [0.3, 0.4) is 0 Å². The monoisotopic (exact) mass is 408 g/mol. The lowest BCUT2D eigenvalue weighted by Gasteiger charge is -2.24. The van der Waals surface area contributed by atoms with Gasteiger partial charge in [-0.25, -0.2) is 4.79 Å². The van der Waals surface area contributed by atoms with Crippen molar-refractivity contribution < 1.29 is 24.2 Å². The van der Waals surface area contributed by atoms with Crippen molar-refractivity contribution in [1.29, 1.82) is 0 Å². The van der Waals surface area contributed by atoms with Gasteiger partial charge in [-0.05, 0) is 29.9 Å². The zero-order chi connectivity index (χ0) is 22.1. The minimum atomic E-state index is -1.12. The lowest BCUT2D eigenvalue weighted by atomic mass is 9.78. The van der Waals surface area contributed by atoms with Gasteiger partial charge in [0.15, 0.2) is 5.78 Å². The Bertz CT molecular complexity index is 938. The predicted molar refractivity (Wildman–Crippen MR) is 113 cm³/mol. The number of carbonyl (C=O) groups is 3. The van der Waals surface area contributed by atoms with Gasteiger partial charge < -0.3 is 9.84 Å². The number of carbonyl (C=O) groups excluding carboxylic acids is 2. The van der Waals surface area contributed by atoms with E-state index >= 15 is 0 Å². The third-order valence-corrected chi connectivity index (χ3v) is 6.88. The Morgan fingerprint density at radius 2 is 1.93 bits per heavy atom. The van der Waals surface area contributed by atoms with Crippen LogP contribution in [0, 0.1) is 22.7 Å². The lowest BCUT2D eigenvalue weighted by Crippen LogP contribution is -2.31.